The number of hydrogen-bond acceptors (Lipinski definition) is 3. The molecule has 24 heavy (non-hydrogen) atoms. The number of aromatic nitrogens is 2. The highest BCUT2D eigenvalue weighted by molar-refractivity contribution is 5.65. The van der Waals surface area contributed by atoms with Gasteiger partial charge in [0.2, 0.25) is 0 Å². The predicted octanol–water partition coefficient (Wildman–Crippen LogP) is 4.22. The molecule has 0 spiro atoms. The number of fused-ring (bicyclic) bond motifs is 2. The minimum absolute atomic E-state index is 0.118. The summed E-state index contributed by atoms with van der Waals surface area (Å²) < 4.78 is 6.01. The molecular weight excluding hydrogens is 300 g/mol. The normalized spacial score (nSPS) is 18.9. The Morgan fingerprint density at radius 3 is 3.12 bits per heavy atom. The fourth-order valence-electron chi connectivity index (χ4n) is 3.68. The van der Waals surface area contributed by atoms with Gasteiger partial charge in [-0.3, -0.25) is 5.10 Å². The summed E-state index contributed by atoms with van der Waals surface area (Å²) in [4.78, 5) is 3.90. The van der Waals surface area contributed by atoms with Crippen molar-refractivity contribution in [2.45, 2.75) is 38.5 Å². The van der Waals surface area contributed by atoms with E-state index >= 15 is 0 Å². The number of allylic oxidation sites excluding steroid dienone is 2. The number of ether oxygens (including phenoxy) is 1. The summed E-state index contributed by atoms with van der Waals surface area (Å²) >= 11 is 0. The second-order valence-corrected chi connectivity index (χ2v) is 6.27. The SMILES string of the molecule is [C-]#[N+]C1=C(CCC)Nc2[nH]ncc2C1c1cccc2c1OCCC2. The first kappa shape index (κ1) is 14.8. The summed E-state index contributed by atoms with van der Waals surface area (Å²) in [5.74, 6) is 1.73. The molecule has 0 bridgehead atoms. The maximum Gasteiger partial charge on any atom is 0.196 e. The summed E-state index contributed by atoms with van der Waals surface area (Å²) in [7, 11) is 0. The Balaban J connectivity index is 1.91. The summed E-state index contributed by atoms with van der Waals surface area (Å²) in [5.41, 5.74) is 5.08. The van der Waals surface area contributed by atoms with Crippen molar-refractivity contribution in [1.29, 1.82) is 0 Å². The topological polar surface area (TPSA) is 54.3 Å². The van der Waals surface area contributed by atoms with Gasteiger partial charge in [-0.2, -0.15) is 5.10 Å². The van der Waals surface area contributed by atoms with Crippen molar-refractivity contribution in [3.05, 3.63) is 63.9 Å². The zero-order valence-corrected chi connectivity index (χ0v) is 13.7. The summed E-state index contributed by atoms with van der Waals surface area (Å²) in [6, 6.07) is 6.29. The van der Waals surface area contributed by atoms with Gasteiger partial charge >= 0.3 is 0 Å². The summed E-state index contributed by atoms with van der Waals surface area (Å²) in [6.45, 7) is 10.6. The quantitative estimate of drug-likeness (QED) is 0.832. The molecule has 1 aromatic carbocycles. The van der Waals surface area contributed by atoms with E-state index in [1.54, 1.807) is 0 Å². The van der Waals surface area contributed by atoms with Gasteiger partial charge in [-0.05, 0) is 30.4 Å². The number of para-hydroxylation sites is 1. The molecule has 4 rings (SSSR count). The highest BCUT2D eigenvalue weighted by atomic mass is 16.5. The number of benzene rings is 1. The van der Waals surface area contributed by atoms with Crippen LogP contribution in [0.2, 0.25) is 0 Å². The van der Waals surface area contributed by atoms with Crippen LogP contribution >= 0.6 is 0 Å². The molecule has 3 heterocycles. The smallest absolute Gasteiger partial charge is 0.196 e. The number of nitrogens with zero attached hydrogens (tertiary/aromatic N) is 2. The Morgan fingerprint density at radius 2 is 2.29 bits per heavy atom. The van der Waals surface area contributed by atoms with Crippen LogP contribution in [0.15, 0.2) is 35.8 Å². The molecule has 0 saturated heterocycles. The van der Waals surface area contributed by atoms with Crippen LogP contribution in [-0.4, -0.2) is 16.8 Å². The van der Waals surface area contributed by atoms with Crippen molar-refractivity contribution in [2.75, 3.05) is 11.9 Å². The van der Waals surface area contributed by atoms with Crippen LogP contribution in [0.4, 0.5) is 5.82 Å². The Hall–Kier alpha value is -2.74. The Bertz CT molecular complexity index is 843. The zero-order chi connectivity index (χ0) is 16.5. The van der Waals surface area contributed by atoms with Gasteiger partial charge in [-0.25, -0.2) is 4.85 Å². The highest BCUT2D eigenvalue weighted by Gasteiger charge is 2.34. The number of aromatic amines is 1. The van der Waals surface area contributed by atoms with Gasteiger partial charge in [0.25, 0.3) is 0 Å². The van der Waals surface area contributed by atoms with Crippen molar-refractivity contribution in [1.82, 2.24) is 10.2 Å². The number of rotatable bonds is 3. The molecular formula is C19H20N4O. The molecule has 2 aliphatic rings. The molecule has 0 amide bonds. The second-order valence-electron chi connectivity index (χ2n) is 6.27. The van der Waals surface area contributed by atoms with Crippen LogP contribution in [0.5, 0.6) is 5.75 Å². The first-order valence-electron chi connectivity index (χ1n) is 8.48. The van der Waals surface area contributed by atoms with E-state index in [0.717, 1.165) is 66.4 Å². The first-order valence-corrected chi connectivity index (χ1v) is 8.48. The Labute approximate surface area is 141 Å². The number of H-pyrrole nitrogens is 1. The van der Waals surface area contributed by atoms with Crippen molar-refractivity contribution in [3.63, 3.8) is 0 Å². The van der Waals surface area contributed by atoms with Gasteiger partial charge in [0.1, 0.15) is 11.6 Å². The average molecular weight is 320 g/mol. The molecule has 5 nitrogen and oxygen atoms in total. The van der Waals surface area contributed by atoms with Crippen LogP contribution in [-0.2, 0) is 6.42 Å². The molecule has 1 atom stereocenters. The van der Waals surface area contributed by atoms with Crippen molar-refractivity contribution in [2.24, 2.45) is 0 Å². The van der Waals surface area contributed by atoms with Crippen LogP contribution < -0.4 is 10.1 Å². The van der Waals surface area contributed by atoms with Crippen molar-refractivity contribution < 1.29 is 4.74 Å². The van der Waals surface area contributed by atoms with Crippen molar-refractivity contribution >= 4 is 5.82 Å². The molecule has 0 saturated carbocycles. The fraction of sp³-hybridized carbons (Fsp3) is 0.368. The zero-order valence-electron chi connectivity index (χ0n) is 13.7. The lowest BCUT2D eigenvalue weighted by Crippen LogP contribution is -2.19. The fourth-order valence-corrected chi connectivity index (χ4v) is 3.68. The Kier molecular flexibility index (Phi) is 3.73. The molecule has 2 aromatic rings. The number of aryl methyl sites for hydroxylation is 1. The van der Waals surface area contributed by atoms with Crippen molar-refractivity contribution in [3.8, 4) is 5.75 Å². The molecule has 1 unspecified atom stereocenters. The molecule has 0 aliphatic carbocycles. The predicted molar refractivity (Wildman–Crippen MR) is 92.8 cm³/mol. The number of hydrogen-bond donors (Lipinski definition) is 2. The van der Waals surface area contributed by atoms with E-state index in [-0.39, 0.29) is 5.92 Å². The monoisotopic (exact) mass is 320 g/mol. The second kappa shape index (κ2) is 6.04. The third-order valence-electron chi connectivity index (χ3n) is 4.73. The largest absolute Gasteiger partial charge is 0.493 e. The average Bonchev–Trinajstić information content (AvgIpc) is 3.08. The standard InChI is InChI=1S/C19H20N4O/c1-3-6-15-17(20-2)16(14-11-21-23-19(14)22-15)13-9-4-7-12-8-5-10-24-18(12)13/h4,7,9,11,16H,3,5-6,8,10H2,1H3,(H2,21,22,23). The van der Waals surface area contributed by atoms with Crippen LogP contribution in [0.25, 0.3) is 4.85 Å². The van der Waals surface area contributed by atoms with Gasteiger partial charge < -0.3 is 10.1 Å². The van der Waals surface area contributed by atoms with Crippen LogP contribution in [0.3, 0.4) is 0 Å². The van der Waals surface area contributed by atoms with Gasteiger partial charge in [0.05, 0.1) is 25.3 Å². The Morgan fingerprint density at radius 1 is 1.38 bits per heavy atom. The minimum Gasteiger partial charge on any atom is -0.493 e. The van der Waals surface area contributed by atoms with Crippen LogP contribution in [0.1, 0.15) is 48.8 Å². The lowest BCUT2D eigenvalue weighted by Gasteiger charge is -2.29. The molecule has 1 aromatic heterocycles. The van der Waals surface area contributed by atoms with E-state index in [0.29, 0.717) is 0 Å². The van der Waals surface area contributed by atoms with E-state index in [1.807, 2.05) is 6.20 Å². The highest BCUT2D eigenvalue weighted by Crippen LogP contribution is 2.46. The molecule has 2 N–H and O–H groups in total. The lowest BCUT2D eigenvalue weighted by atomic mass is 9.84. The maximum absolute atomic E-state index is 7.78. The summed E-state index contributed by atoms with van der Waals surface area (Å²) in [6.07, 6.45) is 5.74. The van der Waals surface area contributed by atoms with E-state index in [2.05, 4.69) is 45.5 Å². The molecule has 0 radical (unpaired) electrons. The molecule has 2 aliphatic heterocycles. The third-order valence-corrected chi connectivity index (χ3v) is 4.73. The van der Waals surface area contributed by atoms with E-state index < -0.39 is 0 Å². The van der Waals surface area contributed by atoms with E-state index in [9.17, 15) is 0 Å². The van der Waals surface area contributed by atoms with Gasteiger partial charge in [-0.1, -0.05) is 31.5 Å². The third kappa shape index (κ3) is 2.26. The minimum atomic E-state index is -0.118. The van der Waals surface area contributed by atoms with Crippen LogP contribution in [0, 0.1) is 6.57 Å². The number of nitrogens with one attached hydrogen (secondary N) is 2. The summed E-state index contributed by atoms with van der Waals surface area (Å²) in [5, 5.41) is 10.6. The molecule has 0 fully saturated rings. The molecule has 122 valence electrons. The number of anilines is 1. The van der Waals surface area contributed by atoms with E-state index in [1.165, 1.54) is 5.56 Å². The van der Waals surface area contributed by atoms with Gasteiger partial charge in [0.15, 0.2) is 5.70 Å². The first-order chi connectivity index (χ1) is 11.8. The lowest BCUT2D eigenvalue weighted by molar-refractivity contribution is 0.285. The molecule has 5 heteroatoms. The van der Waals surface area contributed by atoms with E-state index in [4.69, 9.17) is 11.3 Å². The van der Waals surface area contributed by atoms with Gasteiger partial charge in [-0.15, -0.1) is 0 Å². The maximum atomic E-state index is 7.78. The van der Waals surface area contributed by atoms with Gasteiger partial charge in [0, 0.05) is 11.3 Å².